The van der Waals surface area contributed by atoms with Crippen LogP contribution in [0.3, 0.4) is 0 Å². The first-order chi connectivity index (χ1) is 11.2. The number of fused-ring (bicyclic) bond motifs is 1. The molecule has 1 aromatic heterocycles. The normalized spacial score (nSPS) is 16.4. The Kier molecular flexibility index (Phi) is 3.08. The molecule has 0 radical (unpaired) electrons. The van der Waals surface area contributed by atoms with Gasteiger partial charge < -0.3 is 11.1 Å². The fourth-order valence-electron chi connectivity index (χ4n) is 2.70. The second kappa shape index (κ2) is 5.24. The van der Waals surface area contributed by atoms with Crippen molar-refractivity contribution in [1.82, 2.24) is 14.8 Å². The molecule has 0 unspecified atom stereocenters. The molecule has 5 nitrogen and oxygen atoms in total. The predicted molar refractivity (Wildman–Crippen MR) is 87.0 cm³/mol. The maximum atomic E-state index is 13.2. The average Bonchev–Trinajstić information content (AvgIpc) is 2.95. The summed E-state index contributed by atoms with van der Waals surface area (Å²) in [7, 11) is 0. The molecule has 4 rings (SSSR count). The third-order valence-corrected chi connectivity index (χ3v) is 3.78. The van der Waals surface area contributed by atoms with Gasteiger partial charge in [0.1, 0.15) is 11.9 Å². The summed E-state index contributed by atoms with van der Waals surface area (Å²) in [5.41, 5.74) is 8.54. The monoisotopic (exact) mass is 307 g/mol. The van der Waals surface area contributed by atoms with E-state index in [2.05, 4.69) is 15.4 Å². The summed E-state index contributed by atoms with van der Waals surface area (Å²) in [4.78, 5) is 4.22. The number of nitrogens with zero attached hydrogens (tertiary/aromatic N) is 3. The summed E-state index contributed by atoms with van der Waals surface area (Å²) in [5.74, 6) is 0.512. The fourth-order valence-corrected chi connectivity index (χ4v) is 2.70. The smallest absolute Gasteiger partial charge is 0.241 e. The van der Waals surface area contributed by atoms with Crippen molar-refractivity contribution in [3.05, 3.63) is 77.6 Å². The minimum Gasteiger partial charge on any atom is -0.366 e. The first-order valence-electron chi connectivity index (χ1n) is 7.22. The van der Waals surface area contributed by atoms with E-state index in [0.29, 0.717) is 5.95 Å². The quantitative estimate of drug-likeness (QED) is 0.763. The molecule has 2 heterocycles. The highest BCUT2D eigenvalue weighted by molar-refractivity contribution is 5.77. The van der Waals surface area contributed by atoms with Gasteiger partial charge in [-0.25, -0.2) is 9.07 Å². The molecule has 3 N–H and O–H groups in total. The van der Waals surface area contributed by atoms with Gasteiger partial charge in [-0.3, -0.25) is 0 Å². The molecule has 0 spiro atoms. The van der Waals surface area contributed by atoms with E-state index in [9.17, 15) is 4.39 Å². The number of nitrogens with two attached hydrogens (primary N) is 1. The van der Waals surface area contributed by atoms with Crippen LogP contribution < -0.4 is 11.1 Å². The molecule has 0 aliphatic carbocycles. The van der Waals surface area contributed by atoms with Gasteiger partial charge in [0.05, 0.1) is 0 Å². The average molecular weight is 307 g/mol. The van der Waals surface area contributed by atoms with Crippen LogP contribution in [0.4, 0.5) is 16.3 Å². The van der Waals surface area contributed by atoms with E-state index in [1.165, 1.54) is 12.1 Å². The van der Waals surface area contributed by atoms with Crippen LogP contribution in [0.25, 0.3) is 5.70 Å². The Morgan fingerprint density at radius 3 is 2.52 bits per heavy atom. The summed E-state index contributed by atoms with van der Waals surface area (Å²) in [6.45, 7) is 0. The molecule has 0 amide bonds. The molecule has 1 aliphatic rings. The van der Waals surface area contributed by atoms with Crippen molar-refractivity contribution in [3.8, 4) is 0 Å². The molecule has 23 heavy (non-hydrogen) atoms. The van der Waals surface area contributed by atoms with E-state index >= 15 is 0 Å². The highest BCUT2D eigenvalue weighted by Gasteiger charge is 2.24. The maximum Gasteiger partial charge on any atom is 0.241 e. The summed E-state index contributed by atoms with van der Waals surface area (Å²) in [5, 5.41) is 7.47. The molecule has 114 valence electrons. The Labute approximate surface area is 132 Å². The van der Waals surface area contributed by atoms with Gasteiger partial charge in [-0.05, 0) is 41.5 Å². The zero-order valence-electron chi connectivity index (χ0n) is 12.1. The summed E-state index contributed by atoms with van der Waals surface area (Å²) in [6.07, 6.45) is 2.03. The number of rotatable bonds is 2. The van der Waals surface area contributed by atoms with E-state index in [4.69, 9.17) is 5.73 Å². The van der Waals surface area contributed by atoms with Gasteiger partial charge in [0.15, 0.2) is 0 Å². The van der Waals surface area contributed by atoms with Crippen LogP contribution in [-0.2, 0) is 0 Å². The summed E-state index contributed by atoms with van der Waals surface area (Å²) >= 11 is 0. The number of hydrogen-bond donors (Lipinski definition) is 2. The third-order valence-electron chi connectivity index (χ3n) is 3.78. The van der Waals surface area contributed by atoms with E-state index in [-0.39, 0.29) is 17.8 Å². The van der Waals surface area contributed by atoms with Crippen molar-refractivity contribution < 1.29 is 4.39 Å². The maximum absolute atomic E-state index is 13.2. The Morgan fingerprint density at radius 1 is 1.04 bits per heavy atom. The van der Waals surface area contributed by atoms with Crippen molar-refractivity contribution in [1.29, 1.82) is 0 Å². The number of allylic oxidation sites excluding steroid dienone is 1. The predicted octanol–water partition coefficient (Wildman–Crippen LogP) is 3.06. The molecule has 0 bridgehead atoms. The standard InChI is InChI=1S/C17H14FN5/c18-13-8-6-11(7-9-13)14-10-15(12-4-2-1-3-5-12)23-17(20-14)21-16(19)22-23/h1-10,15H,(H3,19,20,21,22)/t15-/m1/s1. The van der Waals surface area contributed by atoms with Crippen LogP contribution in [0.2, 0.25) is 0 Å². The topological polar surface area (TPSA) is 68.8 Å². The minimum absolute atomic E-state index is 0.127. The Hall–Kier alpha value is -3.15. The van der Waals surface area contributed by atoms with Crippen molar-refractivity contribution >= 4 is 17.6 Å². The van der Waals surface area contributed by atoms with Crippen LogP contribution in [-0.4, -0.2) is 14.8 Å². The van der Waals surface area contributed by atoms with Gasteiger partial charge >= 0.3 is 0 Å². The second-order valence-corrected chi connectivity index (χ2v) is 5.31. The van der Waals surface area contributed by atoms with Gasteiger partial charge in [-0.1, -0.05) is 30.3 Å². The SMILES string of the molecule is Nc1nc2n(n1)[C@@H](c1ccccc1)C=C(c1ccc(F)cc1)N2. The molecule has 1 aliphatic heterocycles. The van der Waals surface area contributed by atoms with Gasteiger partial charge in [-0.2, -0.15) is 4.98 Å². The molecular weight excluding hydrogens is 293 g/mol. The molecule has 3 aromatic rings. The Morgan fingerprint density at radius 2 is 1.78 bits per heavy atom. The van der Waals surface area contributed by atoms with E-state index in [0.717, 1.165) is 16.8 Å². The van der Waals surface area contributed by atoms with Gasteiger partial charge in [0.25, 0.3) is 0 Å². The summed E-state index contributed by atoms with van der Waals surface area (Å²) in [6, 6.07) is 16.2. The van der Waals surface area contributed by atoms with E-state index in [1.54, 1.807) is 16.8 Å². The van der Waals surface area contributed by atoms with Crippen molar-refractivity contribution in [2.75, 3.05) is 11.1 Å². The van der Waals surface area contributed by atoms with Crippen LogP contribution in [0.1, 0.15) is 17.2 Å². The highest BCUT2D eigenvalue weighted by Crippen LogP contribution is 2.32. The third kappa shape index (κ3) is 2.44. The van der Waals surface area contributed by atoms with Crippen LogP contribution in [0.5, 0.6) is 0 Å². The van der Waals surface area contributed by atoms with Crippen LogP contribution in [0.15, 0.2) is 60.7 Å². The highest BCUT2D eigenvalue weighted by atomic mass is 19.1. The molecule has 0 saturated carbocycles. The largest absolute Gasteiger partial charge is 0.366 e. The molecule has 0 saturated heterocycles. The second-order valence-electron chi connectivity index (χ2n) is 5.31. The molecule has 1 atom stereocenters. The number of aromatic nitrogens is 3. The number of nitrogens with one attached hydrogen (secondary N) is 1. The van der Waals surface area contributed by atoms with Crippen LogP contribution >= 0.6 is 0 Å². The van der Waals surface area contributed by atoms with Crippen molar-refractivity contribution in [2.45, 2.75) is 6.04 Å². The van der Waals surface area contributed by atoms with E-state index < -0.39 is 0 Å². The lowest BCUT2D eigenvalue weighted by Gasteiger charge is -2.24. The summed E-state index contributed by atoms with van der Waals surface area (Å²) < 4.78 is 14.9. The van der Waals surface area contributed by atoms with E-state index in [1.807, 2.05) is 36.4 Å². The van der Waals surface area contributed by atoms with Gasteiger partial charge in [-0.15, -0.1) is 5.10 Å². The van der Waals surface area contributed by atoms with Gasteiger partial charge in [0.2, 0.25) is 11.9 Å². The number of benzene rings is 2. The van der Waals surface area contributed by atoms with Crippen molar-refractivity contribution in [3.63, 3.8) is 0 Å². The number of hydrogen-bond acceptors (Lipinski definition) is 4. The molecule has 2 aromatic carbocycles. The first kappa shape index (κ1) is 13.5. The fraction of sp³-hybridized carbons (Fsp3) is 0.0588. The molecule has 6 heteroatoms. The molecular formula is C17H14FN5. The lowest BCUT2D eigenvalue weighted by atomic mass is 10.0. The zero-order valence-corrected chi connectivity index (χ0v) is 12.1. The number of halogens is 1. The number of anilines is 2. The Bertz CT molecular complexity index is 868. The first-order valence-corrected chi connectivity index (χ1v) is 7.22. The lowest BCUT2D eigenvalue weighted by molar-refractivity contribution is 0.613. The molecule has 0 fully saturated rings. The zero-order chi connectivity index (χ0) is 15.8. The lowest BCUT2D eigenvalue weighted by Crippen LogP contribution is -2.20. The van der Waals surface area contributed by atoms with Gasteiger partial charge in [0, 0.05) is 5.70 Å². The Balaban J connectivity index is 1.82. The minimum atomic E-state index is -0.266. The number of nitrogen functional groups attached to an aromatic ring is 1. The van der Waals surface area contributed by atoms with Crippen molar-refractivity contribution in [2.24, 2.45) is 0 Å². The van der Waals surface area contributed by atoms with Crippen LogP contribution in [0, 0.1) is 5.82 Å².